The monoisotopic (exact) mass is 449 g/mol. The summed E-state index contributed by atoms with van der Waals surface area (Å²) in [4.78, 5) is 0. The Kier molecular flexibility index (Phi) is 7.26. The van der Waals surface area contributed by atoms with E-state index in [2.05, 4.69) is 30.2 Å². The highest BCUT2D eigenvalue weighted by Gasteiger charge is 2.34. The summed E-state index contributed by atoms with van der Waals surface area (Å²) in [5.41, 5.74) is 6.27. The second kappa shape index (κ2) is 10.1. The van der Waals surface area contributed by atoms with Gasteiger partial charge in [-0.25, -0.2) is 4.68 Å². The van der Waals surface area contributed by atoms with E-state index in [-0.39, 0.29) is 5.60 Å². The van der Waals surface area contributed by atoms with Crippen LogP contribution in [-0.2, 0) is 13.0 Å². The summed E-state index contributed by atoms with van der Waals surface area (Å²) in [6.07, 6.45) is 11.9. The zero-order valence-corrected chi connectivity index (χ0v) is 20.8. The van der Waals surface area contributed by atoms with Crippen LogP contribution in [0.1, 0.15) is 87.0 Å². The van der Waals surface area contributed by atoms with Crippen LogP contribution < -0.4 is 4.74 Å². The minimum atomic E-state index is -0.0891. The number of aromatic nitrogens is 3. The standard InChI is InChI=1S/C28H39N3O2/c1-20-21(2)27-23(22(3)26(20)32)16-18-28(4,33-27)17-12-8-6-5-7-9-13-19-31-25-15-11-10-14-24(25)29-30-31/h10-11,14-15,32H,5-9,12-13,16-19H2,1-4H3. The van der Waals surface area contributed by atoms with E-state index in [1.165, 1.54) is 44.1 Å². The van der Waals surface area contributed by atoms with E-state index in [0.29, 0.717) is 5.75 Å². The fraction of sp³-hybridized carbons (Fsp3) is 0.571. The van der Waals surface area contributed by atoms with Crippen LogP contribution >= 0.6 is 0 Å². The van der Waals surface area contributed by atoms with Gasteiger partial charge in [-0.1, -0.05) is 49.5 Å². The SMILES string of the molecule is Cc1c(C)c2c(c(C)c1O)CCC(C)(CCCCCCCCCn1nnc3ccccc31)O2. The molecule has 0 saturated heterocycles. The van der Waals surface area contributed by atoms with Crippen molar-refractivity contribution in [1.82, 2.24) is 15.0 Å². The number of aryl methyl sites for hydroxylation is 1. The largest absolute Gasteiger partial charge is 0.507 e. The number of para-hydroxylation sites is 1. The smallest absolute Gasteiger partial charge is 0.127 e. The Labute approximate surface area is 198 Å². The van der Waals surface area contributed by atoms with Crippen LogP contribution in [0.5, 0.6) is 11.5 Å². The highest BCUT2D eigenvalue weighted by Crippen LogP contribution is 2.44. The Balaban J connectivity index is 1.14. The number of hydrogen-bond acceptors (Lipinski definition) is 4. The molecule has 0 spiro atoms. The zero-order chi connectivity index (χ0) is 23.4. The van der Waals surface area contributed by atoms with Gasteiger partial charge in [0.25, 0.3) is 0 Å². The average molecular weight is 450 g/mol. The lowest BCUT2D eigenvalue weighted by atomic mass is 9.84. The van der Waals surface area contributed by atoms with E-state index in [4.69, 9.17) is 4.74 Å². The number of benzene rings is 2. The fourth-order valence-electron chi connectivity index (χ4n) is 5.20. The molecule has 0 radical (unpaired) electrons. The Morgan fingerprint density at radius 3 is 2.42 bits per heavy atom. The van der Waals surface area contributed by atoms with Gasteiger partial charge in [0.15, 0.2) is 0 Å². The predicted octanol–water partition coefficient (Wildman–Crippen LogP) is 6.97. The van der Waals surface area contributed by atoms with Gasteiger partial charge in [-0.2, -0.15) is 0 Å². The van der Waals surface area contributed by atoms with Crippen molar-refractivity contribution in [2.75, 3.05) is 0 Å². The summed E-state index contributed by atoms with van der Waals surface area (Å²) in [5.74, 6) is 1.46. The Morgan fingerprint density at radius 2 is 1.64 bits per heavy atom. The second-order valence-electron chi connectivity index (χ2n) is 10.1. The van der Waals surface area contributed by atoms with Crippen molar-refractivity contribution >= 4 is 11.0 Å². The molecule has 3 aromatic rings. The fourth-order valence-corrected chi connectivity index (χ4v) is 5.20. The Morgan fingerprint density at radius 1 is 0.939 bits per heavy atom. The summed E-state index contributed by atoms with van der Waals surface area (Å²) in [6.45, 7) is 9.29. The molecule has 2 aromatic carbocycles. The lowest BCUT2D eigenvalue weighted by Crippen LogP contribution is -2.37. The molecule has 4 rings (SSSR count). The number of rotatable bonds is 10. The van der Waals surface area contributed by atoms with Gasteiger partial charge in [-0.05, 0) is 88.6 Å². The number of fused-ring (bicyclic) bond motifs is 2. The molecule has 1 aromatic heterocycles. The van der Waals surface area contributed by atoms with E-state index in [9.17, 15) is 5.11 Å². The highest BCUT2D eigenvalue weighted by molar-refractivity contribution is 5.73. The first-order valence-electron chi connectivity index (χ1n) is 12.7. The maximum atomic E-state index is 10.4. The highest BCUT2D eigenvalue weighted by atomic mass is 16.5. The lowest BCUT2D eigenvalue weighted by Gasteiger charge is -2.38. The van der Waals surface area contributed by atoms with Crippen molar-refractivity contribution < 1.29 is 9.84 Å². The predicted molar refractivity (Wildman–Crippen MR) is 134 cm³/mol. The van der Waals surface area contributed by atoms with Crippen LogP contribution in [0.2, 0.25) is 0 Å². The molecule has 5 nitrogen and oxygen atoms in total. The molecule has 0 fully saturated rings. The number of phenols is 1. The number of aromatic hydroxyl groups is 1. The van der Waals surface area contributed by atoms with Crippen molar-refractivity contribution in [1.29, 1.82) is 0 Å². The van der Waals surface area contributed by atoms with Crippen LogP contribution in [0.25, 0.3) is 11.0 Å². The lowest BCUT2D eigenvalue weighted by molar-refractivity contribution is 0.0521. The molecule has 0 aliphatic carbocycles. The number of ether oxygens (including phenoxy) is 1. The third kappa shape index (κ3) is 5.18. The molecule has 0 bridgehead atoms. The van der Waals surface area contributed by atoms with E-state index in [0.717, 1.165) is 65.7 Å². The molecule has 5 heteroatoms. The summed E-state index contributed by atoms with van der Waals surface area (Å²) in [5, 5.41) is 18.9. The van der Waals surface area contributed by atoms with Gasteiger partial charge in [0.05, 0.1) is 5.52 Å². The first kappa shape index (κ1) is 23.6. The number of nitrogens with zero attached hydrogens (tertiary/aromatic N) is 3. The van der Waals surface area contributed by atoms with Crippen molar-refractivity contribution in [2.24, 2.45) is 0 Å². The first-order chi connectivity index (χ1) is 15.9. The van der Waals surface area contributed by atoms with E-state index in [1.807, 2.05) is 36.7 Å². The molecule has 33 heavy (non-hydrogen) atoms. The third-order valence-electron chi connectivity index (χ3n) is 7.59. The van der Waals surface area contributed by atoms with Crippen LogP contribution in [0, 0.1) is 20.8 Å². The Bertz CT molecular complexity index is 1100. The van der Waals surface area contributed by atoms with Crippen molar-refractivity contribution in [3.05, 3.63) is 46.5 Å². The number of phenolic OH excluding ortho intramolecular Hbond substituents is 1. The van der Waals surface area contributed by atoms with Gasteiger partial charge in [0.1, 0.15) is 22.6 Å². The van der Waals surface area contributed by atoms with Gasteiger partial charge in [0, 0.05) is 12.1 Å². The number of hydrogen-bond donors (Lipinski definition) is 1. The molecule has 0 amide bonds. The second-order valence-corrected chi connectivity index (χ2v) is 10.1. The molecule has 1 N–H and O–H groups in total. The molecule has 1 unspecified atom stereocenters. The summed E-state index contributed by atoms with van der Waals surface area (Å²) in [7, 11) is 0. The molecule has 1 atom stereocenters. The molecular formula is C28H39N3O2. The molecule has 1 aliphatic heterocycles. The van der Waals surface area contributed by atoms with Gasteiger partial charge in [0.2, 0.25) is 0 Å². The van der Waals surface area contributed by atoms with Crippen LogP contribution in [0.15, 0.2) is 24.3 Å². The Hall–Kier alpha value is -2.56. The average Bonchev–Trinajstić information content (AvgIpc) is 3.23. The van der Waals surface area contributed by atoms with Gasteiger partial charge < -0.3 is 9.84 Å². The van der Waals surface area contributed by atoms with Crippen molar-refractivity contribution in [3.8, 4) is 11.5 Å². The van der Waals surface area contributed by atoms with E-state index in [1.54, 1.807) is 0 Å². The zero-order valence-electron chi connectivity index (χ0n) is 20.8. The van der Waals surface area contributed by atoms with Gasteiger partial charge in [-0.15, -0.1) is 5.10 Å². The van der Waals surface area contributed by atoms with E-state index < -0.39 is 0 Å². The molecule has 178 valence electrons. The van der Waals surface area contributed by atoms with E-state index >= 15 is 0 Å². The third-order valence-corrected chi connectivity index (χ3v) is 7.59. The summed E-state index contributed by atoms with van der Waals surface area (Å²) >= 11 is 0. The molecule has 1 aliphatic rings. The molecule has 0 saturated carbocycles. The number of unbranched alkanes of at least 4 members (excludes halogenated alkanes) is 6. The van der Waals surface area contributed by atoms with Crippen molar-refractivity contribution in [2.45, 2.75) is 104 Å². The maximum Gasteiger partial charge on any atom is 0.127 e. The quantitative estimate of drug-likeness (QED) is 0.340. The van der Waals surface area contributed by atoms with Crippen LogP contribution in [0.4, 0.5) is 0 Å². The summed E-state index contributed by atoms with van der Waals surface area (Å²) in [6, 6.07) is 8.17. The van der Waals surface area contributed by atoms with Crippen LogP contribution in [0.3, 0.4) is 0 Å². The minimum Gasteiger partial charge on any atom is -0.507 e. The topological polar surface area (TPSA) is 60.2 Å². The van der Waals surface area contributed by atoms with Gasteiger partial charge >= 0.3 is 0 Å². The van der Waals surface area contributed by atoms with Crippen LogP contribution in [-0.4, -0.2) is 25.7 Å². The maximum absolute atomic E-state index is 10.4. The normalized spacial score (nSPS) is 17.8. The van der Waals surface area contributed by atoms with Crippen molar-refractivity contribution in [3.63, 3.8) is 0 Å². The van der Waals surface area contributed by atoms with Gasteiger partial charge in [-0.3, -0.25) is 0 Å². The minimum absolute atomic E-state index is 0.0891. The molecular weight excluding hydrogens is 410 g/mol. The summed E-state index contributed by atoms with van der Waals surface area (Å²) < 4.78 is 8.60. The first-order valence-corrected chi connectivity index (χ1v) is 12.7. The molecule has 2 heterocycles.